The van der Waals surface area contributed by atoms with Crippen LogP contribution in [0.3, 0.4) is 0 Å². The zero-order valence-electron chi connectivity index (χ0n) is 10.8. The summed E-state index contributed by atoms with van der Waals surface area (Å²) in [6.07, 6.45) is 5.19. The summed E-state index contributed by atoms with van der Waals surface area (Å²) in [7, 11) is 2.26. The summed E-state index contributed by atoms with van der Waals surface area (Å²) < 4.78 is 0. The van der Waals surface area contributed by atoms with Gasteiger partial charge in [0.1, 0.15) is 0 Å². The van der Waals surface area contributed by atoms with Gasteiger partial charge in [0, 0.05) is 23.8 Å². The molecule has 2 aliphatic heterocycles. The fourth-order valence-electron chi connectivity index (χ4n) is 3.41. The van der Waals surface area contributed by atoms with Crippen LogP contribution < -0.4 is 5.32 Å². The number of hydrogen-bond acceptors (Lipinski definition) is 3. The molecule has 0 saturated carbocycles. The van der Waals surface area contributed by atoms with Gasteiger partial charge >= 0.3 is 0 Å². The first-order chi connectivity index (χ1) is 8.76. The average molecular weight is 241 g/mol. The number of benzene rings is 1. The number of anilines is 1. The van der Waals surface area contributed by atoms with Gasteiger partial charge in [-0.1, -0.05) is 0 Å². The van der Waals surface area contributed by atoms with Crippen molar-refractivity contribution in [1.29, 1.82) is 5.26 Å². The van der Waals surface area contributed by atoms with E-state index in [2.05, 4.69) is 23.3 Å². The van der Waals surface area contributed by atoms with Gasteiger partial charge in [-0.3, -0.25) is 0 Å². The molecule has 2 saturated heterocycles. The Bertz CT molecular complexity index is 446. The molecule has 0 spiro atoms. The third-order valence-electron chi connectivity index (χ3n) is 4.48. The highest BCUT2D eigenvalue weighted by Crippen LogP contribution is 2.35. The molecule has 0 aliphatic carbocycles. The zero-order valence-corrected chi connectivity index (χ0v) is 10.8. The summed E-state index contributed by atoms with van der Waals surface area (Å²) in [5.41, 5.74) is 1.87. The maximum Gasteiger partial charge on any atom is 0.0991 e. The van der Waals surface area contributed by atoms with Gasteiger partial charge in [0.25, 0.3) is 0 Å². The van der Waals surface area contributed by atoms with Gasteiger partial charge in [-0.05, 0) is 57.0 Å². The molecule has 3 nitrogen and oxygen atoms in total. The van der Waals surface area contributed by atoms with Crippen LogP contribution in [0.1, 0.15) is 31.2 Å². The molecule has 2 fully saturated rings. The molecular weight excluding hydrogens is 222 g/mol. The van der Waals surface area contributed by atoms with E-state index in [1.54, 1.807) is 0 Å². The molecule has 94 valence electrons. The lowest BCUT2D eigenvalue weighted by atomic mass is 9.97. The molecule has 0 aromatic heterocycles. The van der Waals surface area contributed by atoms with Crippen LogP contribution in [0, 0.1) is 11.3 Å². The van der Waals surface area contributed by atoms with Gasteiger partial charge in [-0.15, -0.1) is 0 Å². The number of nitriles is 1. The highest BCUT2D eigenvalue weighted by atomic mass is 15.2. The van der Waals surface area contributed by atoms with Crippen molar-refractivity contribution in [2.45, 2.75) is 43.8 Å². The van der Waals surface area contributed by atoms with Crippen molar-refractivity contribution in [2.24, 2.45) is 0 Å². The Morgan fingerprint density at radius 2 is 1.78 bits per heavy atom. The lowest BCUT2D eigenvalue weighted by Gasteiger charge is -2.37. The summed E-state index contributed by atoms with van der Waals surface area (Å²) in [5, 5.41) is 12.4. The second kappa shape index (κ2) is 4.62. The Morgan fingerprint density at radius 1 is 1.17 bits per heavy atom. The van der Waals surface area contributed by atoms with Crippen molar-refractivity contribution in [1.82, 2.24) is 4.90 Å². The molecule has 2 aliphatic rings. The molecule has 1 aromatic carbocycles. The predicted octanol–water partition coefficient (Wildman–Crippen LogP) is 2.60. The van der Waals surface area contributed by atoms with Crippen molar-refractivity contribution in [3.8, 4) is 6.07 Å². The van der Waals surface area contributed by atoms with E-state index in [9.17, 15) is 0 Å². The second-order valence-corrected chi connectivity index (χ2v) is 5.55. The van der Waals surface area contributed by atoms with Crippen LogP contribution in [0.2, 0.25) is 0 Å². The molecule has 3 rings (SSSR count). The smallest absolute Gasteiger partial charge is 0.0991 e. The van der Waals surface area contributed by atoms with E-state index in [0.29, 0.717) is 6.04 Å². The molecule has 2 unspecified atom stereocenters. The van der Waals surface area contributed by atoms with E-state index in [0.717, 1.165) is 23.3 Å². The molecule has 1 N–H and O–H groups in total. The van der Waals surface area contributed by atoms with Gasteiger partial charge in [0.15, 0.2) is 0 Å². The van der Waals surface area contributed by atoms with Gasteiger partial charge in [0.05, 0.1) is 11.6 Å². The first-order valence-electron chi connectivity index (χ1n) is 6.75. The summed E-state index contributed by atoms with van der Waals surface area (Å²) in [6.45, 7) is 0. The monoisotopic (exact) mass is 241 g/mol. The SMILES string of the molecule is CN1C2CCC1CC(Nc1ccc(C#N)cc1)C2. The van der Waals surface area contributed by atoms with Crippen molar-refractivity contribution >= 4 is 5.69 Å². The Balaban J connectivity index is 1.65. The number of nitrogens with one attached hydrogen (secondary N) is 1. The Kier molecular flexibility index (Phi) is 2.97. The number of piperidine rings is 1. The zero-order chi connectivity index (χ0) is 12.5. The minimum Gasteiger partial charge on any atom is -0.382 e. The molecule has 0 amide bonds. The summed E-state index contributed by atoms with van der Waals surface area (Å²) in [4.78, 5) is 2.55. The Morgan fingerprint density at radius 3 is 2.33 bits per heavy atom. The lowest BCUT2D eigenvalue weighted by Crippen LogP contribution is -2.44. The Hall–Kier alpha value is -1.53. The van der Waals surface area contributed by atoms with Crippen LogP contribution in [-0.2, 0) is 0 Å². The maximum absolute atomic E-state index is 8.78. The molecular formula is C15H19N3. The molecule has 1 aromatic rings. The normalized spacial score (nSPS) is 31.0. The van der Waals surface area contributed by atoms with E-state index in [-0.39, 0.29) is 0 Å². The number of rotatable bonds is 2. The average Bonchev–Trinajstić information content (AvgIpc) is 2.63. The number of nitrogens with zero attached hydrogens (tertiary/aromatic N) is 2. The van der Waals surface area contributed by atoms with Gasteiger partial charge in [-0.2, -0.15) is 5.26 Å². The van der Waals surface area contributed by atoms with E-state index < -0.39 is 0 Å². The summed E-state index contributed by atoms with van der Waals surface area (Å²) in [6, 6.07) is 12.1. The predicted molar refractivity (Wildman–Crippen MR) is 72.4 cm³/mol. The quantitative estimate of drug-likeness (QED) is 0.865. The van der Waals surface area contributed by atoms with Crippen molar-refractivity contribution in [3.63, 3.8) is 0 Å². The van der Waals surface area contributed by atoms with Gasteiger partial charge in [0.2, 0.25) is 0 Å². The molecule has 18 heavy (non-hydrogen) atoms. The summed E-state index contributed by atoms with van der Waals surface area (Å²) >= 11 is 0. The third-order valence-corrected chi connectivity index (χ3v) is 4.48. The minimum atomic E-state index is 0.589. The van der Waals surface area contributed by atoms with Crippen molar-refractivity contribution in [3.05, 3.63) is 29.8 Å². The molecule has 2 atom stereocenters. The van der Waals surface area contributed by atoms with Crippen LogP contribution in [0.25, 0.3) is 0 Å². The number of fused-ring (bicyclic) bond motifs is 2. The Labute approximate surface area is 108 Å². The van der Waals surface area contributed by atoms with E-state index >= 15 is 0 Å². The third kappa shape index (κ3) is 2.09. The lowest BCUT2D eigenvalue weighted by molar-refractivity contribution is 0.169. The molecule has 2 bridgehead atoms. The summed E-state index contributed by atoms with van der Waals surface area (Å²) in [5.74, 6) is 0. The fourth-order valence-corrected chi connectivity index (χ4v) is 3.41. The first kappa shape index (κ1) is 11.6. The molecule has 0 radical (unpaired) electrons. The maximum atomic E-state index is 8.78. The standard InChI is InChI=1S/C15H19N3/c1-18-14-6-7-15(18)9-13(8-14)17-12-4-2-11(10-16)3-5-12/h2-5,13-15,17H,6-9H2,1H3. The fraction of sp³-hybridized carbons (Fsp3) is 0.533. The van der Waals surface area contributed by atoms with Gasteiger partial charge < -0.3 is 10.2 Å². The van der Waals surface area contributed by atoms with E-state index in [1.807, 2.05) is 24.3 Å². The largest absolute Gasteiger partial charge is 0.382 e. The van der Waals surface area contributed by atoms with Gasteiger partial charge in [-0.25, -0.2) is 0 Å². The highest BCUT2D eigenvalue weighted by molar-refractivity contribution is 5.48. The van der Waals surface area contributed by atoms with Crippen molar-refractivity contribution in [2.75, 3.05) is 12.4 Å². The van der Waals surface area contributed by atoms with Crippen LogP contribution >= 0.6 is 0 Å². The second-order valence-electron chi connectivity index (χ2n) is 5.55. The molecule has 3 heteroatoms. The van der Waals surface area contributed by atoms with E-state index in [1.165, 1.54) is 25.7 Å². The van der Waals surface area contributed by atoms with E-state index in [4.69, 9.17) is 5.26 Å². The van der Waals surface area contributed by atoms with Crippen LogP contribution in [0.15, 0.2) is 24.3 Å². The topological polar surface area (TPSA) is 39.1 Å². The first-order valence-corrected chi connectivity index (χ1v) is 6.75. The highest BCUT2D eigenvalue weighted by Gasteiger charge is 2.38. The minimum absolute atomic E-state index is 0.589. The number of hydrogen-bond donors (Lipinski definition) is 1. The molecule has 2 heterocycles. The van der Waals surface area contributed by atoms with Crippen molar-refractivity contribution < 1.29 is 0 Å². The van der Waals surface area contributed by atoms with Crippen LogP contribution in [0.4, 0.5) is 5.69 Å². The van der Waals surface area contributed by atoms with Crippen LogP contribution in [-0.4, -0.2) is 30.1 Å². The van der Waals surface area contributed by atoms with Crippen LogP contribution in [0.5, 0.6) is 0 Å².